The molecule has 0 aliphatic carbocycles. The number of allylic oxidation sites excluding steroid dienone is 1. The maximum Gasteiger partial charge on any atom is 0.341 e. The van der Waals surface area contributed by atoms with Gasteiger partial charge in [0.15, 0.2) is 0 Å². The van der Waals surface area contributed by atoms with E-state index in [0.29, 0.717) is 15.9 Å². The topological polar surface area (TPSA) is 59.3 Å². The number of benzene rings is 1. The van der Waals surface area contributed by atoms with Crippen LogP contribution in [0.4, 0.5) is 0 Å². The van der Waals surface area contributed by atoms with Gasteiger partial charge >= 0.3 is 5.97 Å². The molecule has 98 valence electrons. The molecule has 0 saturated heterocycles. The number of rotatable bonds is 3. The fourth-order valence-electron chi connectivity index (χ4n) is 1.83. The highest BCUT2D eigenvalue weighted by Crippen LogP contribution is 2.15. The average molecular weight is 298 g/mol. The summed E-state index contributed by atoms with van der Waals surface area (Å²) in [6, 6.07) is 6.75. The van der Waals surface area contributed by atoms with Crippen molar-refractivity contribution < 1.29 is 9.90 Å². The van der Waals surface area contributed by atoms with Crippen molar-refractivity contribution in [2.45, 2.75) is 6.54 Å². The fourth-order valence-corrected chi connectivity index (χ4v) is 2.02. The Hall–Kier alpha value is -1.78. The molecule has 0 unspecified atom stereocenters. The third-order valence-corrected chi connectivity index (χ3v) is 3.26. The summed E-state index contributed by atoms with van der Waals surface area (Å²) in [5.74, 6) is -1.27. The molecule has 0 amide bonds. The molecule has 2 rings (SSSR count). The van der Waals surface area contributed by atoms with E-state index in [1.165, 1.54) is 11.7 Å². The van der Waals surface area contributed by atoms with Gasteiger partial charge in [0.1, 0.15) is 5.56 Å². The van der Waals surface area contributed by atoms with Crippen molar-refractivity contribution in [2.24, 2.45) is 0 Å². The Kier molecular flexibility index (Phi) is 3.93. The third-order valence-electron chi connectivity index (χ3n) is 2.66. The van der Waals surface area contributed by atoms with Gasteiger partial charge in [-0.15, -0.1) is 0 Å². The first kappa shape index (κ1) is 13.6. The summed E-state index contributed by atoms with van der Waals surface area (Å²) in [4.78, 5) is 23.1. The number of fused-ring (bicyclic) bond motifs is 1. The van der Waals surface area contributed by atoms with Gasteiger partial charge in [-0.2, -0.15) is 0 Å². The molecule has 0 saturated carbocycles. The summed E-state index contributed by atoms with van der Waals surface area (Å²) in [7, 11) is 0. The molecule has 0 radical (unpaired) electrons. The maximum absolute atomic E-state index is 12.0. The second-order valence-electron chi connectivity index (χ2n) is 3.88. The van der Waals surface area contributed by atoms with Crippen LogP contribution in [-0.4, -0.2) is 15.6 Å². The molecule has 0 atom stereocenters. The third kappa shape index (κ3) is 2.64. The number of nitrogens with zero attached hydrogens (tertiary/aromatic N) is 1. The van der Waals surface area contributed by atoms with Crippen LogP contribution in [0.5, 0.6) is 0 Å². The second kappa shape index (κ2) is 5.47. The summed E-state index contributed by atoms with van der Waals surface area (Å²) < 4.78 is 1.58. The van der Waals surface area contributed by atoms with E-state index in [1.807, 2.05) is 0 Å². The lowest BCUT2D eigenvalue weighted by Gasteiger charge is -2.11. The number of pyridine rings is 1. The van der Waals surface area contributed by atoms with E-state index in [9.17, 15) is 9.59 Å². The first-order chi connectivity index (χ1) is 9.04. The summed E-state index contributed by atoms with van der Waals surface area (Å²) in [5, 5.41) is 9.73. The SMILES string of the molecule is O=C(O)c1cn(CC(Cl)=CCl)c2ccccc2c1=O. The summed E-state index contributed by atoms with van der Waals surface area (Å²) in [6.45, 7) is 0.201. The Balaban J connectivity index is 2.78. The number of carboxylic acid groups (broad SMARTS) is 1. The molecule has 4 nitrogen and oxygen atoms in total. The van der Waals surface area contributed by atoms with Crippen LogP contribution in [0.2, 0.25) is 0 Å². The van der Waals surface area contributed by atoms with Crippen LogP contribution >= 0.6 is 23.2 Å². The first-order valence-electron chi connectivity index (χ1n) is 5.35. The van der Waals surface area contributed by atoms with Crippen molar-refractivity contribution >= 4 is 40.1 Å². The predicted octanol–water partition coefficient (Wildman–Crippen LogP) is 3.02. The lowest BCUT2D eigenvalue weighted by atomic mass is 10.1. The van der Waals surface area contributed by atoms with Gasteiger partial charge in [-0.05, 0) is 12.1 Å². The minimum Gasteiger partial charge on any atom is -0.477 e. The van der Waals surface area contributed by atoms with Gasteiger partial charge in [0.25, 0.3) is 0 Å². The fraction of sp³-hybridized carbons (Fsp3) is 0.0769. The van der Waals surface area contributed by atoms with Gasteiger partial charge in [-0.1, -0.05) is 35.3 Å². The Morgan fingerprint density at radius 1 is 1.37 bits per heavy atom. The highest BCUT2D eigenvalue weighted by molar-refractivity contribution is 6.36. The molecule has 0 bridgehead atoms. The highest BCUT2D eigenvalue weighted by atomic mass is 35.5. The quantitative estimate of drug-likeness (QED) is 0.947. The van der Waals surface area contributed by atoms with Crippen LogP contribution in [0.3, 0.4) is 0 Å². The summed E-state index contributed by atoms with van der Waals surface area (Å²) in [5.41, 5.74) is 1.01. The van der Waals surface area contributed by atoms with E-state index in [-0.39, 0.29) is 12.1 Å². The molecule has 6 heteroatoms. The van der Waals surface area contributed by atoms with Gasteiger partial charge in [0, 0.05) is 22.2 Å². The molecule has 19 heavy (non-hydrogen) atoms. The summed E-state index contributed by atoms with van der Waals surface area (Å²) in [6.07, 6.45) is 1.27. The van der Waals surface area contributed by atoms with Crippen LogP contribution < -0.4 is 5.43 Å². The Morgan fingerprint density at radius 2 is 2.05 bits per heavy atom. The van der Waals surface area contributed by atoms with Crippen molar-refractivity contribution in [2.75, 3.05) is 0 Å². The van der Waals surface area contributed by atoms with Gasteiger partial charge < -0.3 is 9.67 Å². The minimum atomic E-state index is -1.27. The normalized spacial score (nSPS) is 11.8. The Labute approximate surface area is 118 Å². The van der Waals surface area contributed by atoms with E-state index < -0.39 is 11.4 Å². The second-order valence-corrected chi connectivity index (χ2v) is 4.58. The van der Waals surface area contributed by atoms with Crippen LogP contribution in [0, 0.1) is 0 Å². The van der Waals surface area contributed by atoms with Gasteiger partial charge in [-0.3, -0.25) is 4.79 Å². The number of para-hydroxylation sites is 1. The maximum atomic E-state index is 12.0. The predicted molar refractivity (Wildman–Crippen MR) is 75.0 cm³/mol. The van der Waals surface area contributed by atoms with Crippen molar-refractivity contribution in [1.29, 1.82) is 0 Å². The minimum absolute atomic E-state index is 0.201. The number of halogens is 2. The Bertz CT molecular complexity index is 734. The molecule has 0 spiro atoms. The van der Waals surface area contributed by atoms with Crippen molar-refractivity contribution in [3.63, 3.8) is 0 Å². The highest BCUT2D eigenvalue weighted by Gasteiger charge is 2.14. The van der Waals surface area contributed by atoms with Crippen molar-refractivity contribution in [3.05, 3.63) is 56.8 Å². The largest absolute Gasteiger partial charge is 0.477 e. The number of hydrogen-bond acceptors (Lipinski definition) is 2. The van der Waals surface area contributed by atoms with Crippen molar-refractivity contribution in [1.82, 2.24) is 4.57 Å². The van der Waals surface area contributed by atoms with Gasteiger partial charge in [0.05, 0.1) is 12.1 Å². The van der Waals surface area contributed by atoms with E-state index in [2.05, 4.69) is 0 Å². The molecule has 2 aromatic rings. The van der Waals surface area contributed by atoms with E-state index in [4.69, 9.17) is 28.3 Å². The van der Waals surface area contributed by atoms with Gasteiger partial charge in [-0.25, -0.2) is 4.79 Å². The number of carbonyl (C=O) groups is 1. The molecule has 0 aliphatic heterocycles. The molecule has 1 N–H and O–H groups in total. The van der Waals surface area contributed by atoms with E-state index >= 15 is 0 Å². The van der Waals surface area contributed by atoms with E-state index in [1.54, 1.807) is 28.8 Å². The molecular weight excluding hydrogens is 289 g/mol. The van der Waals surface area contributed by atoms with E-state index in [0.717, 1.165) is 0 Å². The zero-order chi connectivity index (χ0) is 14.0. The number of aromatic carboxylic acids is 1. The number of hydrogen-bond donors (Lipinski definition) is 1. The molecule has 1 heterocycles. The van der Waals surface area contributed by atoms with Gasteiger partial charge in [0.2, 0.25) is 5.43 Å². The molecular formula is C13H9Cl2NO3. The number of aromatic nitrogens is 1. The first-order valence-corrected chi connectivity index (χ1v) is 6.16. The summed E-state index contributed by atoms with van der Waals surface area (Å²) >= 11 is 11.4. The lowest BCUT2D eigenvalue weighted by molar-refractivity contribution is 0.0695. The smallest absolute Gasteiger partial charge is 0.341 e. The average Bonchev–Trinajstić information content (AvgIpc) is 2.41. The molecule has 1 aromatic carbocycles. The van der Waals surface area contributed by atoms with Crippen LogP contribution in [0.1, 0.15) is 10.4 Å². The standard InChI is InChI=1S/C13H9Cl2NO3/c14-5-8(15)6-16-7-10(13(18)19)12(17)9-3-1-2-4-11(9)16/h1-5,7H,6H2,(H,18,19). The van der Waals surface area contributed by atoms with Crippen LogP contribution in [0.25, 0.3) is 10.9 Å². The zero-order valence-corrected chi connectivity index (χ0v) is 11.1. The zero-order valence-electron chi connectivity index (χ0n) is 9.64. The molecule has 0 aliphatic rings. The monoisotopic (exact) mass is 297 g/mol. The van der Waals surface area contributed by atoms with Crippen molar-refractivity contribution in [3.8, 4) is 0 Å². The van der Waals surface area contributed by atoms with Crippen LogP contribution in [-0.2, 0) is 6.54 Å². The van der Waals surface area contributed by atoms with Crippen LogP contribution in [0.15, 0.2) is 45.8 Å². The number of carboxylic acids is 1. The lowest BCUT2D eigenvalue weighted by Crippen LogP contribution is -2.19. The molecule has 1 aromatic heterocycles. The molecule has 0 fully saturated rings. The Morgan fingerprint density at radius 3 is 2.68 bits per heavy atom.